The maximum atomic E-state index is 8.97. The Labute approximate surface area is 191 Å². The molecular formula is C28H33N3O. The van der Waals surface area contributed by atoms with E-state index in [-0.39, 0.29) is 0 Å². The molecule has 1 saturated carbocycles. The number of piperidine rings is 1. The van der Waals surface area contributed by atoms with E-state index in [2.05, 4.69) is 52.3 Å². The molecule has 0 radical (unpaired) electrons. The van der Waals surface area contributed by atoms with Gasteiger partial charge in [-0.25, -0.2) is 0 Å². The lowest BCUT2D eigenvalue weighted by Crippen LogP contribution is -2.45. The average Bonchev–Trinajstić information content (AvgIpc) is 2.88. The topological polar surface area (TPSA) is 49.2 Å². The summed E-state index contributed by atoms with van der Waals surface area (Å²) in [5, 5.41) is 11.3. The zero-order chi connectivity index (χ0) is 21.9. The molecule has 1 atom stereocenters. The Hall–Kier alpha value is -2.72. The van der Waals surface area contributed by atoms with Gasteiger partial charge in [-0.1, -0.05) is 24.3 Å². The van der Waals surface area contributed by atoms with E-state index in [0.717, 1.165) is 35.4 Å². The van der Waals surface area contributed by atoms with Crippen LogP contribution in [-0.4, -0.2) is 41.8 Å². The summed E-state index contributed by atoms with van der Waals surface area (Å²) in [6.45, 7) is 2.21. The summed E-state index contributed by atoms with van der Waals surface area (Å²) < 4.78 is 5.35. The lowest BCUT2D eigenvalue weighted by Gasteiger charge is -2.41. The summed E-state index contributed by atoms with van der Waals surface area (Å²) in [5.41, 5.74) is 3.27. The maximum Gasteiger partial charge on any atom is 0.119 e. The van der Waals surface area contributed by atoms with Gasteiger partial charge in [-0.05, 0) is 97.2 Å². The second kappa shape index (κ2) is 9.41. The van der Waals surface area contributed by atoms with Crippen molar-refractivity contribution >= 4 is 16.5 Å². The summed E-state index contributed by atoms with van der Waals surface area (Å²) in [7, 11) is 1.70. The molecule has 3 aromatic rings. The molecule has 0 amide bonds. The Balaban J connectivity index is 1.23. The van der Waals surface area contributed by atoms with Crippen molar-refractivity contribution in [2.24, 2.45) is 5.92 Å². The van der Waals surface area contributed by atoms with Gasteiger partial charge in [0.05, 0.1) is 7.11 Å². The van der Waals surface area contributed by atoms with Crippen LogP contribution in [-0.2, 0) is 0 Å². The number of likely N-dealkylation sites (tertiary alicyclic amines) is 1. The highest BCUT2D eigenvalue weighted by molar-refractivity contribution is 6.03. The van der Waals surface area contributed by atoms with Gasteiger partial charge in [-0.15, -0.1) is 0 Å². The van der Waals surface area contributed by atoms with Crippen LogP contribution in [0.3, 0.4) is 0 Å². The summed E-state index contributed by atoms with van der Waals surface area (Å²) in [6, 6.07) is 17.5. The van der Waals surface area contributed by atoms with Crippen LogP contribution in [0.25, 0.3) is 10.8 Å². The van der Waals surface area contributed by atoms with Gasteiger partial charge in [0.25, 0.3) is 0 Å². The predicted molar refractivity (Wildman–Crippen MR) is 131 cm³/mol. The van der Waals surface area contributed by atoms with E-state index in [1.165, 1.54) is 49.6 Å². The third-order valence-electron chi connectivity index (χ3n) is 7.59. The molecular weight excluding hydrogens is 394 g/mol. The van der Waals surface area contributed by atoms with Crippen LogP contribution >= 0.6 is 0 Å². The monoisotopic (exact) mass is 427 g/mol. The minimum atomic E-state index is 0.329. The zero-order valence-corrected chi connectivity index (χ0v) is 19.0. The molecule has 1 aromatic heterocycles. The standard InChI is InChI=1S/C28H33N3O/c1-32-27-13-10-21-16-23(7-6-22(21)17-27)28(29)25-5-3-15-31(19-25)26-11-8-20(9-12-26)24-4-2-14-30-18-24/h2,4,6-7,10,13-14,16-18,20,25-26,29H,3,5,8-9,11-12,15,19H2,1H3. The molecule has 1 aliphatic heterocycles. The molecule has 2 fully saturated rings. The number of hydrogen-bond acceptors (Lipinski definition) is 4. The van der Waals surface area contributed by atoms with Crippen molar-refractivity contribution in [1.82, 2.24) is 9.88 Å². The normalized spacial score (nSPS) is 24.3. The third-order valence-corrected chi connectivity index (χ3v) is 7.59. The quantitative estimate of drug-likeness (QED) is 0.504. The SMILES string of the molecule is COc1ccc2cc(C(=N)C3CCCN(C4CCC(c5cccnc5)CC4)C3)ccc2c1. The molecule has 1 saturated heterocycles. The molecule has 4 heteroatoms. The highest BCUT2D eigenvalue weighted by Gasteiger charge is 2.31. The van der Waals surface area contributed by atoms with Gasteiger partial charge in [0.2, 0.25) is 0 Å². The Morgan fingerprint density at radius 3 is 2.59 bits per heavy atom. The molecule has 1 N–H and O–H groups in total. The minimum Gasteiger partial charge on any atom is -0.497 e. The average molecular weight is 428 g/mol. The second-order valence-corrected chi connectivity index (χ2v) is 9.47. The van der Waals surface area contributed by atoms with Crippen LogP contribution < -0.4 is 4.74 Å². The molecule has 166 valence electrons. The van der Waals surface area contributed by atoms with Crippen molar-refractivity contribution in [3.05, 3.63) is 72.1 Å². The Morgan fingerprint density at radius 1 is 1.00 bits per heavy atom. The fourth-order valence-corrected chi connectivity index (χ4v) is 5.72. The molecule has 2 heterocycles. The molecule has 2 aromatic carbocycles. The van der Waals surface area contributed by atoms with Crippen molar-refractivity contribution < 1.29 is 4.74 Å². The number of ether oxygens (including phenoxy) is 1. The van der Waals surface area contributed by atoms with Gasteiger partial charge in [-0.3, -0.25) is 9.88 Å². The van der Waals surface area contributed by atoms with Gasteiger partial charge in [0.15, 0.2) is 0 Å². The van der Waals surface area contributed by atoms with Crippen LogP contribution in [0, 0.1) is 11.3 Å². The van der Waals surface area contributed by atoms with Crippen molar-refractivity contribution in [2.45, 2.75) is 50.5 Å². The summed E-state index contributed by atoms with van der Waals surface area (Å²) in [5.74, 6) is 1.87. The molecule has 5 rings (SSSR count). The first-order valence-electron chi connectivity index (χ1n) is 12.0. The Morgan fingerprint density at radius 2 is 1.81 bits per heavy atom. The van der Waals surface area contributed by atoms with Gasteiger partial charge in [-0.2, -0.15) is 0 Å². The van der Waals surface area contributed by atoms with Crippen LogP contribution in [0.4, 0.5) is 0 Å². The highest BCUT2D eigenvalue weighted by atomic mass is 16.5. The highest BCUT2D eigenvalue weighted by Crippen LogP contribution is 2.36. The first-order valence-corrected chi connectivity index (χ1v) is 12.0. The van der Waals surface area contributed by atoms with Crippen LogP contribution in [0.2, 0.25) is 0 Å². The van der Waals surface area contributed by atoms with Gasteiger partial charge in [0, 0.05) is 36.6 Å². The number of methoxy groups -OCH3 is 1. The summed E-state index contributed by atoms with van der Waals surface area (Å²) >= 11 is 0. The minimum absolute atomic E-state index is 0.329. The van der Waals surface area contributed by atoms with Crippen LogP contribution in [0.1, 0.15) is 55.6 Å². The Kier molecular flexibility index (Phi) is 6.22. The molecule has 32 heavy (non-hydrogen) atoms. The number of rotatable bonds is 5. The smallest absolute Gasteiger partial charge is 0.119 e. The molecule has 1 unspecified atom stereocenters. The second-order valence-electron chi connectivity index (χ2n) is 9.47. The van der Waals surface area contributed by atoms with E-state index in [9.17, 15) is 0 Å². The van der Waals surface area contributed by atoms with E-state index >= 15 is 0 Å². The molecule has 1 aliphatic carbocycles. The Bertz CT molecular complexity index is 1070. The molecule has 0 bridgehead atoms. The largest absolute Gasteiger partial charge is 0.497 e. The number of hydrogen-bond donors (Lipinski definition) is 1. The van der Waals surface area contributed by atoms with E-state index < -0.39 is 0 Å². The van der Waals surface area contributed by atoms with Crippen molar-refractivity contribution in [2.75, 3.05) is 20.2 Å². The first-order chi connectivity index (χ1) is 15.7. The van der Waals surface area contributed by atoms with Crippen molar-refractivity contribution in [1.29, 1.82) is 5.41 Å². The fraction of sp³-hybridized carbons (Fsp3) is 0.429. The molecule has 4 nitrogen and oxygen atoms in total. The van der Waals surface area contributed by atoms with Crippen LogP contribution in [0.5, 0.6) is 5.75 Å². The van der Waals surface area contributed by atoms with E-state index in [0.29, 0.717) is 17.9 Å². The lowest BCUT2D eigenvalue weighted by molar-refractivity contribution is 0.111. The van der Waals surface area contributed by atoms with Crippen molar-refractivity contribution in [3.8, 4) is 5.75 Å². The summed E-state index contributed by atoms with van der Waals surface area (Å²) in [4.78, 5) is 7.00. The number of benzene rings is 2. The van der Waals surface area contributed by atoms with E-state index in [1.807, 2.05) is 18.5 Å². The maximum absolute atomic E-state index is 8.97. The summed E-state index contributed by atoms with van der Waals surface area (Å²) in [6.07, 6.45) is 11.3. The number of pyridine rings is 1. The van der Waals surface area contributed by atoms with E-state index in [1.54, 1.807) is 7.11 Å². The number of fused-ring (bicyclic) bond motifs is 1. The van der Waals surface area contributed by atoms with Gasteiger partial charge in [0.1, 0.15) is 5.75 Å². The number of nitrogens with one attached hydrogen (secondary N) is 1. The predicted octanol–water partition coefficient (Wildman–Crippen LogP) is 6.05. The third kappa shape index (κ3) is 4.42. The first kappa shape index (κ1) is 21.1. The van der Waals surface area contributed by atoms with E-state index in [4.69, 9.17) is 10.1 Å². The number of nitrogens with zero attached hydrogens (tertiary/aromatic N) is 2. The number of aromatic nitrogens is 1. The zero-order valence-electron chi connectivity index (χ0n) is 19.0. The van der Waals surface area contributed by atoms with Gasteiger partial charge >= 0.3 is 0 Å². The van der Waals surface area contributed by atoms with Crippen LogP contribution in [0.15, 0.2) is 60.9 Å². The molecule has 2 aliphatic rings. The lowest BCUT2D eigenvalue weighted by atomic mass is 9.80. The van der Waals surface area contributed by atoms with Gasteiger partial charge < -0.3 is 10.1 Å². The van der Waals surface area contributed by atoms with Crippen molar-refractivity contribution in [3.63, 3.8) is 0 Å². The fourth-order valence-electron chi connectivity index (χ4n) is 5.72. The molecule has 0 spiro atoms.